The average Bonchev–Trinajstić information content (AvgIpc) is 3.11. The number of Topliss-reactive ketones (excluding diaryl/α,β-unsaturated/α-hetero) is 1. The fourth-order valence-corrected chi connectivity index (χ4v) is 5.95. The van der Waals surface area contributed by atoms with Gasteiger partial charge in [-0.3, -0.25) is 24.5 Å². The van der Waals surface area contributed by atoms with E-state index in [1.54, 1.807) is 23.4 Å². The summed E-state index contributed by atoms with van der Waals surface area (Å²) >= 11 is 0. The first kappa shape index (κ1) is 28.8. The second kappa shape index (κ2) is 11.5. The summed E-state index contributed by atoms with van der Waals surface area (Å²) in [6.45, 7) is 15.7. The Labute approximate surface area is 233 Å². The van der Waals surface area contributed by atoms with Crippen molar-refractivity contribution in [1.82, 2.24) is 15.0 Å². The zero-order valence-corrected chi connectivity index (χ0v) is 25.2. The highest BCUT2D eigenvalue weighted by atomic mass is 28.3. The molecule has 7 nitrogen and oxygen atoms in total. The molecule has 1 amide bonds. The molecule has 3 aromatic rings. The van der Waals surface area contributed by atoms with Crippen LogP contribution in [0.2, 0.25) is 25.7 Å². The summed E-state index contributed by atoms with van der Waals surface area (Å²) in [5.41, 5.74) is 4.42. The van der Waals surface area contributed by atoms with Crippen LogP contribution in [-0.4, -0.2) is 48.1 Å². The Morgan fingerprint density at radius 2 is 1.82 bits per heavy atom. The van der Waals surface area contributed by atoms with Gasteiger partial charge in [0.1, 0.15) is 18.2 Å². The molecule has 1 aliphatic rings. The Morgan fingerprint density at radius 1 is 1.10 bits per heavy atom. The SMILES string of the molecule is Cc1cc(CCC(=O)c2ccc([C@@H](C)[C@@]3(C)C(=O)N(COCC[Si](C)(C)C)c4ncccc43)cn2)cc(C)n1. The topological polar surface area (TPSA) is 85.3 Å². The molecule has 0 saturated carbocycles. The molecule has 8 heteroatoms. The molecule has 206 valence electrons. The number of carbonyl (C=O) groups is 2. The lowest BCUT2D eigenvalue weighted by molar-refractivity contribution is -0.124. The molecule has 0 aliphatic carbocycles. The molecule has 3 aromatic heterocycles. The predicted molar refractivity (Wildman–Crippen MR) is 157 cm³/mol. The van der Waals surface area contributed by atoms with Gasteiger partial charge in [-0.25, -0.2) is 4.98 Å². The number of hydrogen-bond donors (Lipinski definition) is 0. The highest BCUT2D eigenvalue weighted by molar-refractivity contribution is 6.76. The third-order valence-corrected chi connectivity index (χ3v) is 9.43. The highest BCUT2D eigenvalue weighted by Crippen LogP contribution is 2.48. The molecule has 0 unspecified atom stereocenters. The highest BCUT2D eigenvalue weighted by Gasteiger charge is 2.52. The van der Waals surface area contributed by atoms with Crippen LogP contribution in [0.4, 0.5) is 5.82 Å². The second-order valence-electron chi connectivity index (χ2n) is 12.0. The fourth-order valence-electron chi connectivity index (χ4n) is 5.19. The van der Waals surface area contributed by atoms with Gasteiger partial charge in [0.25, 0.3) is 0 Å². The van der Waals surface area contributed by atoms with Gasteiger partial charge < -0.3 is 4.74 Å². The Kier molecular flexibility index (Phi) is 8.47. The molecule has 0 fully saturated rings. The molecule has 4 rings (SSSR count). The Hall–Kier alpha value is -3.23. The number of anilines is 1. The molecule has 0 aromatic carbocycles. The molecule has 0 saturated heterocycles. The van der Waals surface area contributed by atoms with Crippen LogP contribution in [0.1, 0.15) is 64.8 Å². The maximum absolute atomic E-state index is 13.9. The minimum Gasteiger partial charge on any atom is -0.361 e. The summed E-state index contributed by atoms with van der Waals surface area (Å²) in [5.74, 6) is 0.450. The van der Waals surface area contributed by atoms with Crippen molar-refractivity contribution in [3.05, 3.63) is 82.6 Å². The second-order valence-corrected chi connectivity index (χ2v) is 17.7. The number of amides is 1. The first-order valence-electron chi connectivity index (χ1n) is 13.7. The molecule has 2 atom stereocenters. The number of aryl methyl sites for hydroxylation is 3. The zero-order valence-electron chi connectivity index (χ0n) is 24.2. The maximum Gasteiger partial charge on any atom is 0.241 e. The molecular weight excluding hydrogens is 504 g/mol. The van der Waals surface area contributed by atoms with E-state index < -0.39 is 13.5 Å². The quantitative estimate of drug-likeness (QED) is 0.167. The van der Waals surface area contributed by atoms with Crippen molar-refractivity contribution in [2.45, 2.75) is 77.6 Å². The number of ether oxygens (including phenoxy) is 1. The van der Waals surface area contributed by atoms with Gasteiger partial charge in [0.2, 0.25) is 5.91 Å². The van der Waals surface area contributed by atoms with Gasteiger partial charge in [-0.15, -0.1) is 0 Å². The summed E-state index contributed by atoms with van der Waals surface area (Å²) in [7, 11) is -1.23. The van der Waals surface area contributed by atoms with Gasteiger partial charge in [0.15, 0.2) is 5.78 Å². The number of hydrogen-bond acceptors (Lipinski definition) is 6. The van der Waals surface area contributed by atoms with Crippen LogP contribution in [0.25, 0.3) is 0 Å². The van der Waals surface area contributed by atoms with Crippen LogP contribution < -0.4 is 4.90 Å². The molecule has 0 radical (unpaired) electrons. The van der Waals surface area contributed by atoms with Gasteiger partial charge in [-0.2, -0.15) is 0 Å². The normalized spacial score (nSPS) is 17.8. The molecule has 0 N–H and O–H groups in total. The van der Waals surface area contributed by atoms with E-state index >= 15 is 0 Å². The minimum absolute atomic E-state index is 0.000614. The number of rotatable bonds is 11. The van der Waals surface area contributed by atoms with Crippen molar-refractivity contribution in [1.29, 1.82) is 0 Å². The largest absolute Gasteiger partial charge is 0.361 e. The maximum atomic E-state index is 13.9. The lowest BCUT2D eigenvalue weighted by atomic mass is 9.71. The first-order chi connectivity index (χ1) is 18.4. The van der Waals surface area contributed by atoms with Crippen LogP contribution in [0, 0.1) is 13.8 Å². The van der Waals surface area contributed by atoms with E-state index in [1.165, 1.54) is 0 Å². The van der Waals surface area contributed by atoms with Crippen molar-refractivity contribution in [2.24, 2.45) is 0 Å². The van der Waals surface area contributed by atoms with E-state index in [-0.39, 0.29) is 24.3 Å². The fraction of sp³-hybridized carbons (Fsp3) is 0.452. The number of carbonyl (C=O) groups excluding carboxylic acids is 2. The van der Waals surface area contributed by atoms with E-state index in [1.807, 2.05) is 58.0 Å². The number of fused-ring (bicyclic) bond motifs is 1. The third kappa shape index (κ3) is 6.33. The summed E-state index contributed by atoms with van der Waals surface area (Å²) < 4.78 is 5.96. The van der Waals surface area contributed by atoms with E-state index in [2.05, 4.69) is 34.6 Å². The van der Waals surface area contributed by atoms with Crippen LogP contribution in [0.3, 0.4) is 0 Å². The number of nitrogens with zero attached hydrogens (tertiary/aromatic N) is 4. The summed E-state index contributed by atoms with van der Waals surface area (Å²) in [5, 5.41) is 0. The summed E-state index contributed by atoms with van der Waals surface area (Å²) in [6.07, 6.45) is 4.48. The first-order valence-corrected chi connectivity index (χ1v) is 17.4. The van der Waals surface area contributed by atoms with Crippen molar-refractivity contribution >= 4 is 25.6 Å². The Bertz CT molecular complexity index is 1330. The van der Waals surface area contributed by atoms with Gasteiger partial charge in [-0.05, 0) is 68.6 Å². The molecule has 0 spiro atoms. The van der Waals surface area contributed by atoms with Crippen molar-refractivity contribution < 1.29 is 14.3 Å². The van der Waals surface area contributed by atoms with Gasteiger partial charge in [0.05, 0.1) is 5.41 Å². The van der Waals surface area contributed by atoms with Gasteiger partial charge in [0, 0.05) is 56.4 Å². The van der Waals surface area contributed by atoms with E-state index in [4.69, 9.17) is 4.74 Å². The third-order valence-electron chi connectivity index (χ3n) is 7.73. The minimum atomic E-state index is -1.23. The Morgan fingerprint density at radius 3 is 2.46 bits per heavy atom. The standard InChI is InChI=1S/C31H40N4O3Si/c1-21-17-24(18-22(2)34-21)10-13-28(36)27-12-11-25(19-33-27)23(3)31(4)26-9-8-14-32-29(26)35(30(31)37)20-38-15-16-39(5,6)7/h8-9,11-12,14,17-19,23H,10,13,15-16,20H2,1-7H3/t23-,31-/m1/s1. The van der Waals surface area contributed by atoms with Crippen molar-refractivity contribution in [2.75, 3.05) is 18.2 Å². The average molecular weight is 545 g/mol. The lowest BCUT2D eigenvalue weighted by Gasteiger charge is -2.31. The van der Waals surface area contributed by atoms with Crippen LogP contribution in [0.5, 0.6) is 0 Å². The van der Waals surface area contributed by atoms with Crippen LogP contribution >= 0.6 is 0 Å². The van der Waals surface area contributed by atoms with E-state index in [9.17, 15) is 9.59 Å². The smallest absolute Gasteiger partial charge is 0.241 e. The molecule has 0 bridgehead atoms. The predicted octanol–water partition coefficient (Wildman–Crippen LogP) is 6.02. The van der Waals surface area contributed by atoms with Crippen molar-refractivity contribution in [3.63, 3.8) is 0 Å². The lowest BCUT2D eigenvalue weighted by Crippen LogP contribution is -2.42. The van der Waals surface area contributed by atoms with E-state index in [0.717, 1.165) is 34.1 Å². The summed E-state index contributed by atoms with van der Waals surface area (Å²) in [4.78, 5) is 41.9. The molecule has 1 aliphatic heterocycles. The van der Waals surface area contributed by atoms with Crippen LogP contribution in [-0.2, 0) is 21.4 Å². The number of pyridine rings is 3. The molecule has 4 heterocycles. The summed E-state index contributed by atoms with van der Waals surface area (Å²) in [6, 6.07) is 12.6. The van der Waals surface area contributed by atoms with Gasteiger partial charge >= 0.3 is 0 Å². The van der Waals surface area contributed by atoms with Crippen LogP contribution in [0.15, 0.2) is 48.8 Å². The van der Waals surface area contributed by atoms with Crippen molar-refractivity contribution in [3.8, 4) is 0 Å². The monoisotopic (exact) mass is 544 g/mol. The number of aromatic nitrogens is 3. The molecular formula is C31H40N4O3Si. The van der Waals surface area contributed by atoms with Gasteiger partial charge in [-0.1, -0.05) is 38.7 Å². The number of ketones is 1. The molecule has 39 heavy (non-hydrogen) atoms. The zero-order chi connectivity index (χ0) is 28.4. The Balaban J connectivity index is 1.47. The van der Waals surface area contributed by atoms with E-state index in [0.29, 0.717) is 31.0 Å².